The molecule has 0 saturated carbocycles. The van der Waals surface area contributed by atoms with Gasteiger partial charge in [0, 0.05) is 30.9 Å². The van der Waals surface area contributed by atoms with Crippen molar-refractivity contribution in [2.45, 2.75) is 12.8 Å². The van der Waals surface area contributed by atoms with Gasteiger partial charge in [0.25, 0.3) is 0 Å². The Bertz CT molecular complexity index is 777. The number of nitrogens with one attached hydrogen (secondary N) is 2. The van der Waals surface area contributed by atoms with E-state index in [1.54, 1.807) is 24.3 Å². The number of aromatic nitrogens is 2. The smallest absolute Gasteiger partial charge is 0.324 e. The van der Waals surface area contributed by atoms with E-state index in [1.807, 2.05) is 0 Å². The Hall–Kier alpha value is -3.03. The molecule has 0 aliphatic carbocycles. The number of anilines is 3. The van der Waals surface area contributed by atoms with Gasteiger partial charge in [-0.2, -0.15) is 0 Å². The predicted molar refractivity (Wildman–Crippen MR) is 93.6 cm³/mol. The largest absolute Gasteiger partial charge is 0.486 e. The van der Waals surface area contributed by atoms with Crippen LogP contribution in [0.25, 0.3) is 0 Å². The number of carbonyl (C=O) groups excluding carboxylic acids is 1. The minimum absolute atomic E-state index is 0.372. The number of amides is 2. The summed E-state index contributed by atoms with van der Waals surface area (Å²) < 4.78 is 11.0. The lowest BCUT2D eigenvalue weighted by molar-refractivity contribution is 0.171. The maximum atomic E-state index is 12.2. The van der Waals surface area contributed by atoms with Crippen LogP contribution in [0.1, 0.15) is 12.8 Å². The number of hydrogen-bond donors (Lipinski definition) is 2. The molecule has 2 amide bonds. The van der Waals surface area contributed by atoms with Gasteiger partial charge in [0.2, 0.25) is 0 Å². The first kappa shape index (κ1) is 15.5. The third-order valence-corrected chi connectivity index (χ3v) is 4.12. The van der Waals surface area contributed by atoms with Gasteiger partial charge in [-0.05, 0) is 25.0 Å². The van der Waals surface area contributed by atoms with Crippen molar-refractivity contribution < 1.29 is 14.3 Å². The minimum Gasteiger partial charge on any atom is -0.486 e. The van der Waals surface area contributed by atoms with Crippen molar-refractivity contribution in [1.82, 2.24) is 9.97 Å². The summed E-state index contributed by atoms with van der Waals surface area (Å²) in [5.41, 5.74) is 0.621. The van der Waals surface area contributed by atoms with Crippen LogP contribution in [0, 0.1) is 0 Å². The lowest BCUT2D eigenvalue weighted by Crippen LogP contribution is -2.22. The average molecular weight is 341 g/mol. The lowest BCUT2D eigenvalue weighted by Gasteiger charge is -2.19. The second kappa shape index (κ2) is 6.84. The van der Waals surface area contributed by atoms with E-state index in [-0.39, 0.29) is 6.03 Å². The molecule has 2 N–H and O–H groups in total. The monoisotopic (exact) mass is 341 g/mol. The Morgan fingerprint density at radius 1 is 1.00 bits per heavy atom. The molecule has 0 radical (unpaired) electrons. The zero-order chi connectivity index (χ0) is 17.1. The summed E-state index contributed by atoms with van der Waals surface area (Å²) >= 11 is 0. The van der Waals surface area contributed by atoms with E-state index in [4.69, 9.17) is 9.47 Å². The van der Waals surface area contributed by atoms with Gasteiger partial charge in [-0.15, -0.1) is 0 Å². The molecule has 8 heteroatoms. The number of carbonyl (C=O) groups is 1. The molecule has 0 unspecified atom stereocenters. The third-order valence-electron chi connectivity index (χ3n) is 4.12. The van der Waals surface area contributed by atoms with Crippen LogP contribution in [0.15, 0.2) is 30.6 Å². The highest BCUT2D eigenvalue weighted by Crippen LogP contribution is 2.32. The van der Waals surface area contributed by atoms with E-state index in [2.05, 4.69) is 25.5 Å². The molecular formula is C17H19N5O3. The van der Waals surface area contributed by atoms with Gasteiger partial charge in [-0.3, -0.25) is 5.32 Å². The van der Waals surface area contributed by atoms with Crippen molar-refractivity contribution >= 4 is 23.4 Å². The second-order valence-corrected chi connectivity index (χ2v) is 5.89. The van der Waals surface area contributed by atoms with Crippen molar-refractivity contribution in [2.75, 3.05) is 41.8 Å². The molecule has 1 fully saturated rings. The van der Waals surface area contributed by atoms with E-state index in [1.165, 1.54) is 6.33 Å². The second-order valence-electron chi connectivity index (χ2n) is 5.89. The number of nitrogens with zero attached hydrogens (tertiary/aromatic N) is 3. The Morgan fingerprint density at radius 3 is 2.64 bits per heavy atom. The van der Waals surface area contributed by atoms with Crippen LogP contribution in [0.3, 0.4) is 0 Å². The highest BCUT2D eigenvalue weighted by atomic mass is 16.6. The minimum atomic E-state index is -0.372. The van der Waals surface area contributed by atoms with Gasteiger partial charge in [0.05, 0.1) is 0 Å². The molecule has 2 aliphatic rings. The van der Waals surface area contributed by atoms with Gasteiger partial charge in [0.1, 0.15) is 31.2 Å². The molecule has 2 aliphatic heterocycles. The number of urea groups is 1. The highest BCUT2D eigenvalue weighted by molar-refractivity contribution is 5.99. The van der Waals surface area contributed by atoms with E-state index >= 15 is 0 Å². The Balaban J connectivity index is 1.41. The molecular weight excluding hydrogens is 322 g/mol. The van der Waals surface area contributed by atoms with Crippen LogP contribution in [0.2, 0.25) is 0 Å². The summed E-state index contributed by atoms with van der Waals surface area (Å²) in [5.74, 6) is 2.61. The summed E-state index contributed by atoms with van der Waals surface area (Å²) in [6.07, 6.45) is 3.79. The average Bonchev–Trinajstić information content (AvgIpc) is 3.16. The summed E-state index contributed by atoms with van der Waals surface area (Å²) in [6.45, 7) is 3.01. The van der Waals surface area contributed by atoms with Gasteiger partial charge in [0.15, 0.2) is 11.5 Å². The molecule has 1 aromatic heterocycles. The molecule has 1 saturated heterocycles. The van der Waals surface area contributed by atoms with Crippen molar-refractivity contribution in [3.8, 4) is 11.5 Å². The first-order chi connectivity index (χ1) is 12.3. The molecule has 8 nitrogen and oxygen atoms in total. The fraction of sp³-hybridized carbons (Fsp3) is 0.353. The van der Waals surface area contributed by atoms with Crippen LogP contribution >= 0.6 is 0 Å². The highest BCUT2D eigenvalue weighted by Gasteiger charge is 2.15. The lowest BCUT2D eigenvalue weighted by atomic mass is 10.2. The number of benzene rings is 1. The Kier molecular flexibility index (Phi) is 4.24. The first-order valence-corrected chi connectivity index (χ1v) is 8.32. The quantitative estimate of drug-likeness (QED) is 0.892. The maximum Gasteiger partial charge on any atom is 0.324 e. The summed E-state index contributed by atoms with van der Waals surface area (Å²) in [6, 6.07) is 6.70. The molecule has 1 aromatic carbocycles. The number of rotatable bonds is 3. The summed E-state index contributed by atoms with van der Waals surface area (Å²) in [5, 5.41) is 5.50. The van der Waals surface area contributed by atoms with Crippen LogP contribution in [-0.4, -0.2) is 42.3 Å². The SMILES string of the molecule is O=C(Nc1ccc2c(c1)OCCO2)Nc1cc(N2CCCC2)ncn1. The molecule has 25 heavy (non-hydrogen) atoms. The van der Waals surface area contributed by atoms with Crippen molar-refractivity contribution in [2.24, 2.45) is 0 Å². The topological polar surface area (TPSA) is 88.6 Å². The molecule has 4 rings (SSSR count). The zero-order valence-electron chi connectivity index (χ0n) is 13.7. The van der Waals surface area contributed by atoms with Crippen LogP contribution in [-0.2, 0) is 0 Å². The van der Waals surface area contributed by atoms with Crippen molar-refractivity contribution in [3.63, 3.8) is 0 Å². The van der Waals surface area contributed by atoms with E-state index in [0.29, 0.717) is 36.2 Å². The number of fused-ring (bicyclic) bond motifs is 1. The number of hydrogen-bond acceptors (Lipinski definition) is 6. The molecule has 0 spiro atoms. The van der Waals surface area contributed by atoms with Gasteiger partial charge >= 0.3 is 6.03 Å². The van der Waals surface area contributed by atoms with Crippen LogP contribution in [0.5, 0.6) is 11.5 Å². The molecule has 0 atom stereocenters. The maximum absolute atomic E-state index is 12.2. The molecule has 2 aromatic rings. The number of ether oxygens (including phenoxy) is 2. The summed E-state index contributed by atoms with van der Waals surface area (Å²) in [7, 11) is 0. The van der Waals surface area contributed by atoms with Crippen molar-refractivity contribution in [3.05, 3.63) is 30.6 Å². The van der Waals surface area contributed by atoms with Gasteiger partial charge < -0.3 is 19.7 Å². The molecule has 0 bridgehead atoms. The first-order valence-electron chi connectivity index (χ1n) is 8.32. The van der Waals surface area contributed by atoms with E-state index in [0.717, 1.165) is 31.7 Å². The molecule has 3 heterocycles. The van der Waals surface area contributed by atoms with Crippen LogP contribution in [0.4, 0.5) is 22.1 Å². The summed E-state index contributed by atoms with van der Waals surface area (Å²) in [4.78, 5) is 22.8. The third kappa shape index (κ3) is 3.57. The van der Waals surface area contributed by atoms with Crippen LogP contribution < -0.4 is 25.0 Å². The Labute approximate surface area is 145 Å². The predicted octanol–water partition coefficient (Wildman–Crippen LogP) is 2.49. The Morgan fingerprint density at radius 2 is 1.80 bits per heavy atom. The van der Waals surface area contributed by atoms with E-state index < -0.39 is 0 Å². The fourth-order valence-corrected chi connectivity index (χ4v) is 2.93. The zero-order valence-corrected chi connectivity index (χ0v) is 13.7. The molecule has 130 valence electrons. The van der Waals surface area contributed by atoms with E-state index in [9.17, 15) is 4.79 Å². The van der Waals surface area contributed by atoms with Gasteiger partial charge in [-0.1, -0.05) is 0 Å². The standard InChI is InChI=1S/C17H19N5O3/c23-17(20-12-3-4-13-14(9-12)25-8-7-24-13)21-15-10-16(19-11-18-15)22-5-1-2-6-22/h3-4,9-11H,1-2,5-8H2,(H2,18,19,20,21,23). The normalized spacial score (nSPS) is 15.8. The van der Waals surface area contributed by atoms with Crippen molar-refractivity contribution in [1.29, 1.82) is 0 Å². The fourth-order valence-electron chi connectivity index (χ4n) is 2.93. The van der Waals surface area contributed by atoms with Gasteiger partial charge in [-0.25, -0.2) is 14.8 Å².